The lowest BCUT2D eigenvalue weighted by atomic mass is 10.1. The van der Waals surface area contributed by atoms with Gasteiger partial charge in [0.25, 0.3) is 0 Å². The Kier molecular flexibility index (Phi) is 5.37. The van der Waals surface area contributed by atoms with Crippen LogP contribution >= 0.6 is 23.2 Å². The number of hydrogen-bond donors (Lipinski definition) is 0. The first-order chi connectivity index (χ1) is 14.3. The Balaban J connectivity index is 1.94. The first kappa shape index (κ1) is 20.2. The van der Waals surface area contributed by atoms with Gasteiger partial charge in [-0.05, 0) is 43.7 Å². The fourth-order valence-corrected chi connectivity index (χ4v) is 3.44. The van der Waals surface area contributed by atoms with Crippen LogP contribution in [0.3, 0.4) is 0 Å². The van der Waals surface area contributed by atoms with E-state index in [4.69, 9.17) is 32.4 Å². The highest BCUT2D eigenvalue weighted by molar-refractivity contribution is 6.33. The van der Waals surface area contributed by atoms with Gasteiger partial charge in [0, 0.05) is 10.6 Å². The number of esters is 1. The summed E-state index contributed by atoms with van der Waals surface area (Å²) in [5.41, 5.74) is 2.43. The summed E-state index contributed by atoms with van der Waals surface area (Å²) in [6, 6.07) is 17.0. The molecule has 0 aliphatic heterocycles. The fraction of sp³-hybridized carbons (Fsp3) is 0.0833. The second-order valence-corrected chi connectivity index (χ2v) is 7.74. The van der Waals surface area contributed by atoms with Crippen molar-refractivity contribution in [1.82, 2.24) is 0 Å². The molecule has 0 aliphatic rings. The Morgan fingerprint density at radius 1 is 0.933 bits per heavy atom. The molecule has 0 bridgehead atoms. The Labute approximate surface area is 182 Å². The second-order valence-electron chi connectivity index (χ2n) is 6.92. The Bertz CT molecular complexity index is 1340. The monoisotopic (exact) mass is 438 g/mol. The molecule has 0 saturated carbocycles. The van der Waals surface area contributed by atoms with Crippen molar-refractivity contribution in [1.29, 1.82) is 0 Å². The van der Waals surface area contributed by atoms with Gasteiger partial charge in [-0.15, -0.1) is 0 Å². The van der Waals surface area contributed by atoms with E-state index in [1.54, 1.807) is 36.4 Å². The van der Waals surface area contributed by atoms with Crippen molar-refractivity contribution in [2.75, 3.05) is 0 Å². The summed E-state index contributed by atoms with van der Waals surface area (Å²) in [6.45, 7) is 3.77. The maximum absolute atomic E-state index is 13.3. The topological polar surface area (TPSA) is 56.5 Å². The van der Waals surface area contributed by atoms with E-state index in [0.717, 1.165) is 11.1 Å². The summed E-state index contributed by atoms with van der Waals surface area (Å²) in [6.07, 6.45) is 0. The van der Waals surface area contributed by atoms with Crippen molar-refractivity contribution < 1.29 is 13.9 Å². The molecule has 150 valence electrons. The first-order valence-electron chi connectivity index (χ1n) is 9.16. The predicted octanol–water partition coefficient (Wildman–Crippen LogP) is 6.60. The molecule has 4 rings (SSSR count). The lowest BCUT2D eigenvalue weighted by Gasteiger charge is -2.12. The van der Waals surface area contributed by atoms with Crippen molar-refractivity contribution in [3.63, 3.8) is 0 Å². The summed E-state index contributed by atoms with van der Waals surface area (Å²) in [7, 11) is 0. The van der Waals surface area contributed by atoms with E-state index in [-0.39, 0.29) is 27.5 Å². The number of ether oxygens (including phenoxy) is 1. The number of benzene rings is 3. The number of carbonyl (C=O) groups excluding carboxylic acids is 1. The number of rotatable bonds is 3. The van der Waals surface area contributed by atoms with Gasteiger partial charge in [-0.1, -0.05) is 65.2 Å². The maximum atomic E-state index is 13.3. The van der Waals surface area contributed by atoms with E-state index in [9.17, 15) is 9.59 Å². The van der Waals surface area contributed by atoms with E-state index < -0.39 is 11.4 Å². The summed E-state index contributed by atoms with van der Waals surface area (Å²) in [5.74, 6) is -0.801. The molecule has 0 N–H and O–H groups in total. The van der Waals surface area contributed by atoms with Crippen LogP contribution in [-0.2, 0) is 0 Å². The van der Waals surface area contributed by atoms with Gasteiger partial charge in [0.1, 0.15) is 5.58 Å². The SMILES string of the molecule is Cc1ccc(-c2oc3cc(C)c(Cl)cc3c(=O)c2OC(=O)c2ccccc2Cl)cc1. The zero-order valence-corrected chi connectivity index (χ0v) is 17.7. The van der Waals surface area contributed by atoms with E-state index in [1.807, 2.05) is 26.0 Å². The highest BCUT2D eigenvalue weighted by atomic mass is 35.5. The third-order valence-electron chi connectivity index (χ3n) is 4.73. The van der Waals surface area contributed by atoms with E-state index in [2.05, 4.69) is 0 Å². The van der Waals surface area contributed by atoms with Gasteiger partial charge >= 0.3 is 5.97 Å². The molecule has 1 aromatic heterocycles. The highest BCUT2D eigenvalue weighted by Gasteiger charge is 2.23. The van der Waals surface area contributed by atoms with E-state index in [1.165, 1.54) is 12.1 Å². The van der Waals surface area contributed by atoms with Crippen LogP contribution in [0.4, 0.5) is 0 Å². The minimum atomic E-state index is -0.751. The van der Waals surface area contributed by atoms with Gasteiger partial charge in [0.15, 0.2) is 5.76 Å². The van der Waals surface area contributed by atoms with Gasteiger partial charge in [-0.3, -0.25) is 4.79 Å². The van der Waals surface area contributed by atoms with E-state index in [0.29, 0.717) is 16.2 Å². The molecule has 0 spiro atoms. The molecule has 4 aromatic rings. The Hall–Kier alpha value is -3.08. The average Bonchev–Trinajstić information content (AvgIpc) is 2.72. The largest absolute Gasteiger partial charge is 0.452 e. The lowest BCUT2D eigenvalue weighted by molar-refractivity contribution is 0.0731. The van der Waals surface area contributed by atoms with Gasteiger partial charge in [-0.25, -0.2) is 4.79 Å². The number of fused-ring (bicyclic) bond motifs is 1. The van der Waals surface area contributed by atoms with Crippen molar-refractivity contribution in [3.05, 3.63) is 97.6 Å². The van der Waals surface area contributed by atoms with E-state index >= 15 is 0 Å². The van der Waals surface area contributed by atoms with Crippen LogP contribution in [0.1, 0.15) is 21.5 Å². The van der Waals surface area contributed by atoms with Crippen LogP contribution in [-0.4, -0.2) is 5.97 Å². The number of halogens is 2. The normalized spacial score (nSPS) is 10.9. The molecule has 0 aliphatic carbocycles. The quantitative estimate of drug-likeness (QED) is 0.338. The second kappa shape index (κ2) is 7.98. The summed E-state index contributed by atoms with van der Waals surface area (Å²) >= 11 is 12.3. The zero-order chi connectivity index (χ0) is 21.4. The molecule has 0 radical (unpaired) electrons. The molecular weight excluding hydrogens is 423 g/mol. The van der Waals surface area contributed by atoms with Crippen molar-refractivity contribution in [3.8, 4) is 17.1 Å². The van der Waals surface area contributed by atoms with Crippen molar-refractivity contribution in [2.45, 2.75) is 13.8 Å². The molecule has 1 heterocycles. The Morgan fingerprint density at radius 2 is 1.63 bits per heavy atom. The minimum Gasteiger partial charge on any atom is -0.452 e. The van der Waals surface area contributed by atoms with Gasteiger partial charge in [0.05, 0.1) is 16.0 Å². The lowest BCUT2D eigenvalue weighted by Crippen LogP contribution is -2.16. The summed E-state index contributed by atoms with van der Waals surface area (Å²) < 4.78 is 11.6. The van der Waals surface area contributed by atoms with Crippen molar-refractivity contribution >= 4 is 40.1 Å². The molecule has 30 heavy (non-hydrogen) atoms. The van der Waals surface area contributed by atoms with Crippen LogP contribution in [0.2, 0.25) is 10.0 Å². The number of carbonyl (C=O) groups is 1. The molecule has 0 unspecified atom stereocenters. The fourth-order valence-electron chi connectivity index (χ4n) is 3.06. The average molecular weight is 439 g/mol. The van der Waals surface area contributed by atoms with Crippen LogP contribution in [0.15, 0.2) is 69.9 Å². The molecule has 0 saturated heterocycles. The van der Waals surface area contributed by atoms with Crippen LogP contribution in [0.5, 0.6) is 5.75 Å². The molecule has 3 aromatic carbocycles. The standard InChI is InChI=1S/C24H16Cl2O4/c1-13-7-9-15(10-8-13)22-23(30-24(28)16-5-3-4-6-18(16)25)21(27)17-12-19(26)14(2)11-20(17)29-22/h3-12H,1-2H3. The minimum absolute atomic E-state index is 0.149. The van der Waals surface area contributed by atoms with Crippen LogP contribution in [0.25, 0.3) is 22.3 Å². The molecule has 0 fully saturated rings. The molecular formula is C24H16Cl2O4. The smallest absolute Gasteiger partial charge is 0.345 e. The van der Waals surface area contributed by atoms with Crippen molar-refractivity contribution in [2.24, 2.45) is 0 Å². The molecule has 0 atom stereocenters. The van der Waals surface area contributed by atoms with Crippen LogP contribution < -0.4 is 10.2 Å². The van der Waals surface area contributed by atoms with Gasteiger partial charge in [0.2, 0.25) is 11.2 Å². The maximum Gasteiger partial charge on any atom is 0.345 e. The third-order valence-corrected chi connectivity index (χ3v) is 5.47. The molecule has 6 heteroatoms. The first-order valence-corrected chi connectivity index (χ1v) is 9.91. The van der Waals surface area contributed by atoms with Crippen LogP contribution in [0, 0.1) is 13.8 Å². The highest BCUT2D eigenvalue weighted by Crippen LogP contribution is 2.33. The predicted molar refractivity (Wildman–Crippen MR) is 119 cm³/mol. The number of aryl methyl sites for hydroxylation is 2. The summed E-state index contributed by atoms with van der Waals surface area (Å²) in [5, 5.41) is 0.868. The molecule has 4 nitrogen and oxygen atoms in total. The van der Waals surface area contributed by atoms with Gasteiger partial charge < -0.3 is 9.15 Å². The summed E-state index contributed by atoms with van der Waals surface area (Å²) in [4.78, 5) is 26.0. The molecule has 0 amide bonds. The van der Waals surface area contributed by atoms with Gasteiger partial charge in [-0.2, -0.15) is 0 Å². The number of hydrogen-bond acceptors (Lipinski definition) is 4. The third kappa shape index (κ3) is 3.72. The Morgan fingerprint density at radius 3 is 2.33 bits per heavy atom. The zero-order valence-electron chi connectivity index (χ0n) is 16.2.